The van der Waals surface area contributed by atoms with Crippen LogP contribution in [0.25, 0.3) is 0 Å². The van der Waals surface area contributed by atoms with Gasteiger partial charge in [-0.25, -0.2) is 4.79 Å². The van der Waals surface area contributed by atoms with Crippen LogP contribution in [-0.2, 0) is 20.0 Å². The molecule has 1 aliphatic rings. The van der Waals surface area contributed by atoms with Crippen LogP contribution in [0.15, 0.2) is 24.3 Å². The molecule has 0 amide bonds. The topological polar surface area (TPSA) is 67.6 Å². The minimum absolute atomic E-state index is 0.158. The number of fused-ring (bicyclic) bond motifs is 1. The molecule has 0 aliphatic carbocycles. The number of ether oxygens (including phenoxy) is 1. The lowest BCUT2D eigenvalue weighted by Gasteiger charge is -2.29. The van der Waals surface area contributed by atoms with Crippen molar-refractivity contribution >= 4 is 11.7 Å². The normalized spacial score (nSPS) is 13.9. The zero-order chi connectivity index (χ0) is 15.0. The summed E-state index contributed by atoms with van der Waals surface area (Å²) in [5, 5.41) is 13.4. The molecule has 1 aromatic carbocycles. The van der Waals surface area contributed by atoms with Gasteiger partial charge < -0.3 is 14.7 Å². The predicted octanol–water partition coefficient (Wildman–Crippen LogP) is 1.69. The summed E-state index contributed by atoms with van der Waals surface area (Å²) < 4.78 is 6.84. The lowest BCUT2D eigenvalue weighted by atomic mass is 10.0. The molecule has 0 radical (unpaired) electrons. The van der Waals surface area contributed by atoms with E-state index in [1.54, 1.807) is 18.8 Å². The van der Waals surface area contributed by atoms with Gasteiger partial charge in [0.2, 0.25) is 0 Å². The zero-order valence-corrected chi connectivity index (χ0v) is 12.0. The molecule has 3 rings (SSSR count). The van der Waals surface area contributed by atoms with Gasteiger partial charge >= 0.3 is 5.97 Å². The Kier molecular flexibility index (Phi) is 3.29. The van der Waals surface area contributed by atoms with Crippen LogP contribution in [-0.4, -0.2) is 34.5 Å². The summed E-state index contributed by atoms with van der Waals surface area (Å²) in [5.74, 6) is -0.160. The van der Waals surface area contributed by atoms with E-state index in [1.807, 2.05) is 24.3 Å². The van der Waals surface area contributed by atoms with Gasteiger partial charge in [-0.05, 0) is 24.3 Å². The number of carbonyl (C=O) groups is 1. The molecule has 0 unspecified atom stereocenters. The van der Waals surface area contributed by atoms with E-state index < -0.39 is 5.97 Å². The maximum Gasteiger partial charge on any atom is 0.356 e. The van der Waals surface area contributed by atoms with Crippen LogP contribution in [0, 0.1) is 0 Å². The van der Waals surface area contributed by atoms with E-state index in [0.717, 1.165) is 35.7 Å². The van der Waals surface area contributed by atoms with Crippen LogP contribution in [0.4, 0.5) is 5.69 Å². The first-order chi connectivity index (χ1) is 10.1. The monoisotopic (exact) mass is 287 g/mol. The number of rotatable bonds is 3. The first kappa shape index (κ1) is 13.5. The molecule has 6 nitrogen and oxygen atoms in total. The van der Waals surface area contributed by atoms with Gasteiger partial charge in [-0.3, -0.25) is 4.68 Å². The van der Waals surface area contributed by atoms with E-state index in [9.17, 15) is 9.90 Å². The minimum atomic E-state index is -0.969. The highest BCUT2D eigenvalue weighted by molar-refractivity contribution is 5.87. The van der Waals surface area contributed by atoms with Crippen LogP contribution in [0.2, 0.25) is 0 Å². The highest BCUT2D eigenvalue weighted by Gasteiger charge is 2.27. The second kappa shape index (κ2) is 5.12. The zero-order valence-electron chi connectivity index (χ0n) is 12.0. The SMILES string of the molecule is COc1ccc(N2CCc3c(c(C(=O)O)nn3C)C2)cc1. The van der Waals surface area contributed by atoms with Gasteiger partial charge in [-0.15, -0.1) is 0 Å². The highest BCUT2D eigenvalue weighted by Crippen LogP contribution is 2.27. The van der Waals surface area contributed by atoms with E-state index in [-0.39, 0.29) is 5.69 Å². The van der Waals surface area contributed by atoms with Gasteiger partial charge in [0.15, 0.2) is 5.69 Å². The maximum absolute atomic E-state index is 11.3. The summed E-state index contributed by atoms with van der Waals surface area (Å²) in [6.45, 7) is 1.41. The van der Waals surface area contributed by atoms with Crippen LogP contribution in [0.1, 0.15) is 21.7 Å². The Balaban J connectivity index is 1.91. The van der Waals surface area contributed by atoms with Crippen molar-refractivity contribution in [2.45, 2.75) is 13.0 Å². The number of methoxy groups -OCH3 is 1. The molecule has 0 atom stereocenters. The third kappa shape index (κ3) is 2.33. The Bertz CT molecular complexity index is 676. The summed E-state index contributed by atoms with van der Waals surface area (Å²) in [7, 11) is 3.44. The second-order valence-corrected chi connectivity index (χ2v) is 5.07. The molecule has 0 saturated heterocycles. The van der Waals surface area contributed by atoms with Gasteiger partial charge in [0.25, 0.3) is 0 Å². The molecule has 110 valence electrons. The molecule has 2 aromatic rings. The van der Waals surface area contributed by atoms with E-state index in [2.05, 4.69) is 10.00 Å². The largest absolute Gasteiger partial charge is 0.497 e. The minimum Gasteiger partial charge on any atom is -0.497 e. The molecule has 0 fully saturated rings. The third-order valence-electron chi connectivity index (χ3n) is 3.88. The van der Waals surface area contributed by atoms with Crippen molar-refractivity contribution in [3.8, 4) is 5.75 Å². The number of benzene rings is 1. The van der Waals surface area contributed by atoms with Crippen LogP contribution in [0.5, 0.6) is 5.75 Å². The lowest BCUT2D eigenvalue weighted by Crippen LogP contribution is -2.31. The Morgan fingerprint density at radius 1 is 1.33 bits per heavy atom. The molecule has 0 saturated carbocycles. The number of aromatic nitrogens is 2. The van der Waals surface area contributed by atoms with Crippen molar-refractivity contribution in [1.82, 2.24) is 9.78 Å². The first-order valence-corrected chi connectivity index (χ1v) is 6.77. The number of hydrogen-bond donors (Lipinski definition) is 1. The summed E-state index contributed by atoms with van der Waals surface area (Å²) >= 11 is 0. The number of nitrogens with zero attached hydrogens (tertiary/aromatic N) is 3. The number of hydrogen-bond acceptors (Lipinski definition) is 4. The van der Waals surface area contributed by atoms with E-state index in [1.165, 1.54) is 0 Å². The van der Waals surface area contributed by atoms with Crippen molar-refractivity contribution in [1.29, 1.82) is 0 Å². The van der Waals surface area contributed by atoms with Crippen molar-refractivity contribution in [3.05, 3.63) is 41.2 Å². The van der Waals surface area contributed by atoms with Crippen molar-refractivity contribution < 1.29 is 14.6 Å². The fourth-order valence-electron chi connectivity index (χ4n) is 2.78. The number of aryl methyl sites for hydroxylation is 1. The molecular formula is C15H17N3O3. The Labute approximate surface area is 122 Å². The standard InChI is InChI=1S/C15H17N3O3/c1-17-13-7-8-18(9-12(13)14(16-17)15(19)20)10-3-5-11(21-2)6-4-10/h3-6H,7-9H2,1-2H3,(H,19,20). The quantitative estimate of drug-likeness (QED) is 0.930. The fraction of sp³-hybridized carbons (Fsp3) is 0.333. The molecule has 1 aromatic heterocycles. The van der Waals surface area contributed by atoms with Crippen LogP contribution >= 0.6 is 0 Å². The van der Waals surface area contributed by atoms with E-state index >= 15 is 0 Å². The number of carboxylic acids is 1. The van der Waals surface area contributed by atoms with E-state index in [0.29, 0.717) is 6.54 Å². The van der Waals surface area contributed by atoms with Crippen LogP contribution < -0.4 is 9.64 Å². The fourth-order valence-corrected chi connectivity index (χ4v) is 2.78. The van der Waals surface area contributed by atoms with Gasteiger partial charge in [-0.2, -0.15) is 5.10 Å². The Hall–Kier alpha value is -2.50. The molecule has 6 heteroatoms. The third-order valence-corrected chi connectivity index (χ3v) is 3.88. The average Bonchev–Trinajstić information content (AvgIpc) is 2.84. The van der Waals surface area contributed by atoms with Gasteiger partial charge in [0, 0.05) is 43.5 Å². The summed E-state index contributed by atoms with van der Waals surface area (Å²) in [5.41, 5.74) is 3.04. The first-order valence-electron chi connectivity index (χ1n) is 6.77. The number of carboxylic acid groups (broad SMARTS) is 1. The van der Waals surface area contributed by atoms with E-state index in [4.69, 9.17) is 4.74 Å². The smallest absolute Gasteiger partial charge is 0.356 e. The lowest BCUT2D eigenvalue weighted by molar-refractivity contribution is 0.0688. The van der Waals surface area contributed by atoms with Crippen molar-refractivity contribution in [3.63, 3.8) is 0 Å². The molecular weight excluding hydrogens is 270 g/mol. The van der Waals surface area contributed by atoms with Crippen molar-refractivity contribution in [2.75, 3.05) is 18.6 Å². The molecule has 0 bridgehead atoms. The van der Waals surface area contributed by atoms with Gasteiger partial charge in [-0.1, -0.05) is 0 Å². The molecule has 21 heavy (non-hydrogen) atoms. The molecule has 1 aliphatic heterocycles. The summed E-state index contributed by atoms with van der Waals surface area (Å²) in [6, 6.07) is 7.79. The van der Waals surface area contributed by atoms with Crippen LogP contribution in [0.3, 0.4) is 0 Å². The average molecular weight is 287 g/mol. The van der Waals surface area contributed by atoms with Gasteiger partial charge in [0.05, 0.1) is 7.11 Å². The molecule has 0 spiro atoms. The Morgan fingerprint density at radius 3 is 2.67 bits per heavy atom. The molecule has 2 heterocycles. The summed E-state index contributed by atoms with van der Waals surface area (Å²) in [6.07, 6.45) is 0.790. The second-order valence-electron chi connectivity index (χ2n) is 5.07. The highest BCUT2D eigenvalue weighted by atomic mass is 16.5. The van der Waals surface area contributed by atoms with Gasteiger partial charge in [0.1, 0.15) is 5.75 Å². The predicted molar refractivity (Wildman–Crippen MR) is 77.9 cm³/mol. The van der Waals surface area contributed by atoms with Crippen molar-refractivity contribution in [2.24, 2.45) is 7.05 Å². The molecule has 1 N–H and O–H groups in total. The Morgan fingerprint density at radius 2 is 2.05 bits per heavy atom. The number of aromatic carboxylic acids is 1. The number of anilines is 1. The maximum atomic E-state index is 11.3. The summed E-state index contributed by atoms with van der Waals surface area (Å²) in [4.78, 5) is 13.5.